The molecule has 0 saturated heterocycles. The Morgan fingerprint density at radius 3 is 2.41 bits per heavy atom. The number of rotatable bonds is 1. The zero-order valence-corrected chi connectivity index (χ0v) is 10.3. The van der Waals surface area contributed by atoms with E-state index in [1.54, 1.807) is 0 Å². The molecule has 0 saturated carbocycles. The monoisotopic (exact) mass is 225 g/mol. The second kappa shape index (κ2) is 3.48. The van der Waals surface area contributed by atoms with Crippen LogP contribution < -0.4 is 0 Å². The van der Waals surface area contributed by atoms with Crippen LogP contribution >= 0.6 is 0 Å². The van der Waals surface area contributed by atoms with E-state index in [1.165, 1.54) is 22.5 Å². The Morgan fingerprint density at radius 2 is 1.71 bits per heavy atom. The first-order chi connectivity index (χ1) is 8.16. The molecule has 0 spiro atoms. The summed E-state index contributed by atoms with van der Waals surface area (Å²) in [6.07, 6.45) is 1.90. The normalized spacial score (nSPS) is 11.2. The van der Waals surface area contributed by atoms with Gasteiger partial charge in [0.25, 0.3) is 0 Å². The molecule has 2 heterocycles. The van der Waals surface area contributed by atoms with Gasteiger partial charge in [-0.25, -0.2) is 0 Å². The minimum atomic E-state index is 1.16. The van der Waals surface area contributed by atoms with Crippen LogP contribution in [0.1, 0.15) is 11.4 Å². The summed E-state index contributed by atoms with van der Waals surface area (Å²) in [6, 6.07) is 10.7. The number of aryl methyl sites for hydroxylation is 3. The second-order valence-electron chi connectivity index (χ2n) is 4.46. The average molecular weight is 225 g/mol. The van der Waals surface area contributed by atoms with E-state index in [0.717, 1.165) is 5.52 Å². The summed E-state index contributed by atoms with van der Waals surface area (Å²) in [5, 5.41) is 5.45. The predicted octanol–water partition coefficient (Wildman–Crippen LogP) is 2.98. The van der Waals surface area contributed by atoms with Crippen LogP contribution in [0.4, 0.5) is 0 Å². The molecule has 0 amide bonds. The summed E-state index contributed by atoms with van der Waals surface area (Å²) in [4.78, 5) is 0. The molecule has 0 fully saturated rings. The highest BCUT2D eigenvalue weighted by Crippen LogP contribution is 2.21. The first-order valence-corrected chi connectivity index (χ1v) is 5.74. The van der Waals surface area contributed by atoms with Gasteiger partial charge in [0, 0.05) is 29.5 Å². The summed E-state index contributed by atoms with van der Waals surface area (Å²) in [6.45, 7) is 4.25. The van der Waals surface area contributed by atoms with Crippen molar-refractivity contribution >= 4 is 10.9 Å². The van der Waals surface area contributed by atoms with E-state index in [2.05, 4.69) is 53.8 Å². The molecular formula is C14H15N3. The van der Waals surface area contributed by atoms with Gasteiger partial charge in [0.15, 0.2) is 0 Å². The van der Waals surface area contributed by atoms with Crippen LogP contribution in [-0.4, -0.2) is 14.3 Å². The molecule has 2 aromatic heterocycles. The third-order valence-electron chi connectivity index (χ3n) is 3.26. The zero-order valence-electron chi connectivity index (χ0n) is 10.3. The van der Waals surface area contributed by atoms with Crippen molar-refractivity contribution in [3.8, 4) is 5.69 Å². The molecule has 3 aromatic rings. The molecule has 0 atom stereocenters. The third-order valence-corrected chi connectivity index (χ3v) is 3.26. The van der Waals surface area contributed by atoms with Gasteiger partial charge in [-0.2, -0.15) is 5.10 Å². The average Bonchev–Trinajstić information content (AvgIpc) is 2.84. The molecule has 17 heavy (non-hydrogen) atoms. The van der Waals surface area contributed by atoms with Crippen LogP contribution in [0.5, 0.6) is 0 Å². The lowest BCUT2D eigenvalue weighted by Crippen LogP contribution is -1.99. The Hall–Kier alpha value is -2.03. The molecule has 0 unspecified atom stereocenters. The third kappa shape index (κ3) is 1.46. The molecule has 1 aromatic carbocycles. The molecule has 0 bridgehead atoms. The van der Waals surface area contributed by atoms with Gasteiger partial charge >= 0.3 is 0 Å². The van der Waals surface area contributed by atoms with Crippen molar-refractivity contribution in [3.63, 3.8) is 0 Å². The minimum absolute atomic E-state index is 1.16. The highest BCUT2D eigenvalue weighted by atomic mass is 15.2. The largest absolute Gasteiger partial charge is 0.318 e. The lowest BCUT2D eigenvalue weighted by atomic mass is 10.2. The molecule has 0 radical (unpaired) electrons. The van der Waals surface area contributed by atoms with E-state index in [4.69, 9.17) is 0 Å². The smallest absolute Gasteiger partial charge is 0.0699 e. The Labute approximate surface area is 100 Å². The van der Waals surface area contributed by atoms with Gasteiger partial charge in [-0.15, -0.1) is 0 Å². The van der Waals surface area contributed by atoms with Crippen LogP contribution in [-0.2, 0) is 7.05 Å². The van der Waals surface area contributed by atoms with Gasteiger partial charge in [-0.1, -0.05) is 0 Å². The van der Waals surface area contributed by atoms with Gasteiger partial charge in [-0.05, 0) is 44.2 Å². The number of hydrogen-bond acceptors (Lipinski definition) is 1. The van der Waals surface area contributed by atoms with Crippen molar-refractivity contribution in [2.24, 2.45) is 7.05 Å². The van der Waals surface area contributed by atoms with Gasteiger partial charge in [-0.3, -0.25) is 4.68 Å². The molecule has 0 aliphatic carbocycles. The van der Waals surface area contributed by atoms with Crippen molar-refractivity contribution in [3.05, 3.63) is 47.9 Å². The fraction of sp³-hybridized carbons (Fsp3) is 0.214. The topological polar surface area (TPSA) is 22.8 Å². The van der Waals surface area contributed by atoms with E-state index >= 15 is 0 Å². The lowest BCUT2D eigenvalue weighted by Gasteiger charge is -2.09. The SMILES string of the molecule is Cc1ccc(C)n1-c1ccc2cnn(C)c2c1. The predicted molar refractivity (Wildman–Crippen MR) is 69.5 cm³/mol. The highest BCUT2D eigenvalue weighted by molar-refractivity contribution is 5.80. The molecular weight excluding hydrogens is 210 g/mol. The van der Waals surface area contributed by atoms with Crippen molar-refractivity contribution < 1.29 is 0 Å². The van der Waals surface area contributed by atoms with Crippen LogP contribution in [0, 0.1) is 13.8 Å². The van der Waals surface area contributed by atoms with E-state index in [1.807, 2.05) is 17.9 Å². The standard InChI is InChI=1S/C14H15N3/c1-10-4-5-11(2)17(10)13-7-6-12-9-15-16(3)14(12)8-13/h4-9H,1-3H3. The molecule has 3 rings (SSSR count). The molecule has 0 aliphatic heterocycles. The Bertz CT molecular complexity index is 669. The van der Waals surface area contributed by atoms with Crippen LogP contribution in [0.15, 0.2) is 36.5 Å². The van der Waals surface area contributed by atoms with E-state index < -0.39 is 0 Å². The van der Waals surface area contributed by atoms with E-state index in [0.29, 0.717) is 0 Å². The summed E-state index contributed by atoms with van der Waals surface area (Å²) in [5.74, 6) is 0. The van der Waals surface area contributed by atoms with Crippen LogP contribution in [0.3, 0.4) is 0 Å². The van der Waals surface area contributed by atoms with Crippen molar-refractivity contribution in [2.75, 3.05) is 0 Å². The number of benzene rings is 1. The minimum Gasteiger partial charge on any atom is -0.318 e. The molecule has 3 heteroatoms. The van der Waals surface area contributed by atoms with Crippen molar-refractivity contribution in [1.82, 2.24) is 14.3 Å². The Kier molecular flexibility index (Phi) is 2.08. The first kappa shape index (κ1) is 10.1. The first-order valence-electron chi connectivity index (χ1n) is 5.74. The molecule has 0 N–H and O–H groups in total. The van der Waals surface area contributed by atoms with E-state index in [9.17, 15) is 0 Å². The lowest BCUT2D eigenvalue weighted by molar-refractivity contribution is 0.796. The van der Waals surface area contributed by atoms with Crippen LogP contribution in [0.2, 0.25) is 0 Å². The van der Waals surface area contributed by atoms with Crippen molar-refractivity contribution in [2.45, 2.75) is 13.8 Å². The Morgan fingerprint density at radius 1 is 1.00 bits per heavy atom. The second-order valence-corrected chi connectivity index (χ2v) is 4.46. The number of fused-ring (bicyclic) bond motifs is 1. The zero-order chi connectivity index (χ0) is 12.0. The maximum atomic E-state index is 4.27. The van der Waals surface area contributed by atoms with Gasteiger partial charge in [0.1, 0.15) is 0 Å². The maximum absolute atomic E-state index is 4.27. The summed E-state index contributed by atoms with van der Waals surface area (Å²) in [5.41, 5.74) is 4.86. The van der Waals surface area contributed by atoms with Gasteiger partial charge in [0.2, 0.25) is 0 Å². The van der Waals surface area contributed by atoms with E-state index in [-0.39, 0.29) is 0 Å². The number of nitrogens with zero attached hydrogens (tertiary/aromatic N) is 3. The van der Waals surface area contributed by atoms with Crippen LogP contribution in [0.25, 0.3) is 16.6 Å². The molecule has 3 nitrogen and oxygen atoms in total. The maximum Gasteiger partial charge on any atom is 0.0699 e. The highest BCUT2D eigenvalue weighted by Gasteiger charge is 2.06. The molecule has 0 aliphatic rings. The van der Waals surface area contributed by atoms with Gasteiger partial charge in [0.05, 0.1) is 11.7 Å². The summed E-state index contributed by atoms with van der Waals surface area (Å²) < 4.78 is 4.17. The molecule has 86 valence electrons. The number of hydrogen-bond donors (Lipinski definition) is 0. The fourth-order valence-electron chi connectivity index (χ4n) is 2.35. The Balaban J connectivity index is 2.27. The van der Waals surface area contributed by atoms with Crippen molar-refractivity contribution in [1.29, 1.82) is 0 Å². The fourth-order valence-corrected chi connectivity index (χ4v) is 2.35. The van der Waals surface area contributed by atoms with Gasteiger partial charge < -0.3 is 4.57 Å². The summed E-state index contributed by atoms with van der Waals surface area (Å²) in [7, 11) is 1.97. The summed E-state index contributed by atoms with van der Waals surface area (Å²) >= 11 is 0. The number of aromatic nitrogens is 3. The quantitative estimate of drug-likeness (QED) is 0.624.